The third-order valence-corrected chi connectivity index (χ3v) is 20.5. The molecule has 1 nitrogen and oxygen atoms in total. The third kappa shape index (κ3) is 3.97. The molecule has 0 atom stereocenters. The molecule has 0 unspecified atom stereocenters. The van der Waals surface area contributed by atoms with E-state index in [1.54, 1.807) is 0 Å². The highest BCUT2D eigenvalue weighted by atomic mass is 35.6. The summed E-state index contributed by atoms with van der Waals surface area (Å²) in [7, 11) is -4.03. The van der Waals surface area contributed by atoms with Gasteiger partial charge in [0.15, 0.2) is 0 Å². The van der Waals surface area contributed by atoms with Gasteiger partial charge in [0.2, 0.25) is 15.1 Å². The van der Waals surface area contributed by atoms with Crippen LogP contribution in [0, 0.1) is 0 Å². The summed E-state index contributed by atoms with van der Waals surface area (Å²) < 4.78 is 3.81. The molecule has 1 N–H and O–H groups in total. The summed E-state index contributed by atoms with van der Waals surface area (Å²) in [6.45, 7) is 17.8. The molecule has 0 bridgehead atoms. The van der Waals surface area contributed by atoms with Gasteiger partial charge in [0.25, 0.3) is 0 Å². The molecule has 17 heavy (non-hydrogen) atoms. The van der Waals surface area contributed by atoms with Crippen LogP contribution in [0.5, 0.6) is 0 Å². The first-order chi connectivity index (χ1) is 7.48. The smallest absolute Gasteiger partial charge is 0.226 e. The zero-order chi connectivity index (χ0) is 14.0. The first kappa shape index (κ1) is 18.0. The lowest BCUT2D eigenvalue weighted by Crippen LogP contribution is -2.64. The summed E-state index contributed by atoms with van der Waals surface area (Å²) in [5.74, 6) is 0. The van der Waals surface area contributed by atoms with Crippen LogP contribution in [0.3, 0.4) is 0 Å². The van der Waals surface area contributed by atoms with Crippen molar-refractivity contribution in [3.63, 3.8) is 0 Å². The van der Waals surface area contributed by atoms with Crippen molar-refractivity contribution < 1.29 is 0 Å². The minimum absolute atomic E-state index is 0.493. The Morgan fingerprint density at radius 2 is 0.765 bits per heavy atom. The molecule has 0 heterocycles. The molecule has 0 aliphatic rings. The lowest BCUT2D eigenvalue weighted by molar-refractivity contribution is 0.854. The Balaban J connectivity index is 5.22. The quantitative estimate of drug-likeness (QED) is 0.498. The number of nitrogens with one attached hydrogen (secondary N) is 1. The van der Waals surface area contributed by atoms with Crippen molar-refractivity contribution >= 4 is 37.2 Å². The van der Waals surface area contributed by atoms with Crippen molar-refractivity contribution in [2.75, 3.05) is 0 Å². The van der Waals surface area contributed by atoms with Gasteiger partial charge in [-0.25, -0.2) is 0 Å². The van der Waals surface area contributed by atoms with Gasteiger partial charge in [0.05, 0.1) is 0 Å². The minimum atomic E-state index is -2.01. The molecule has 0 spiro atoms. The molecule has 104 valence electrons. The van der Waals surface area contributed by atoms with Gasteiger partial charge in [0, 0.05) is 0 Å². The summed E-state index contributed by atoms with van der Waals surface area (Å²) in [4.78, 5) is 0. The van der Waals surface area contributed by atoms with Crippen molar-refractivity contribution in [1.82, 2.24) is 4.65 Å². The average Bonchev–Trinajstić information content (AvgIpc) is 2.15. The van der Waals surface area contributed by atoms with Crippen LogP contribution in [0.2, 0.25) is 22.2 Å². The zero-order valence-corrected chi connectivity index (χ0v) is 16.1. The van der Waals surface area contributed by atoms with Crippen molar-refractivity contribution in [2.24, 2.45) is 0 Å². The molecule has 0 radical (unpaired) electrons. The van der Waals surface area contributed by atoms with Crippen LogP contribution in [0.15, 0.2) is 0 Å². The van der Waals surface area contributed by atoms with Gasteiger partial charge in [-0.05, 0) is 22.2 Å². The minimum Gasteiger partial charge on any atom is -0.334 e. The largest absolute Gasteiger partial charge is 0.334 e. The Morgan fingerprint density at radius 3 is 0.882 bits per heavy atom. The summed E-state index contributed by atoms with van der Waals surface area (Å²) in [5.41, 5.74) is 1.97. The molecule has 0 aliphatic carbocycles. The third-order valence-electron chi connectivity index (χ3n) is 3.74. The van der Waals surface area contributed by atoms with E-state index in [-0.39, 0.29) is 0 Å². The number of hydrogen-bond acceptors (Lipinski definition) is 1. The fourth-order valence-electron chi connectivity index (χ4n) is 2.20. The van der Waals surface area contributed by atoms with E-state index >= 15 is 0 Å². The van der Waals surface area contributed by atoms with Crippen LogP contribution >= 0.6 is 22.2 Å². The molecule has 0 amide bonds. The highest BCUT2D eigenvalue weighted by Crippen LogP contribution is 2.41. The van der Waals surface area contributed by atoms with Crippen LogP contribution in [0.25, 0.3) is 0 Å². The fourth-order valence-corrected chi connectivity index (χ4v) is 15.1. The maximum atomic E-state index is 6.96. The van der Waals surface area contributed by atoms with Crippen molar-refractivity contribution in [1.29, 1.82) is 0 Å². The fraction of sp³-hybridized carbons (Fsp3) is 1.00. The first-order valence-corrected chi connectivity index (χ1v) is 13.0. The van der Waals surface area contributed by atoms with Crippen molar-refractivity contribution in [2.45, 2.75) is 77.6 Å². The van der Waals surface area contributed by atoms with E-state index < -0.39 is 15.1 Å². The van der Waals surface area contributed by atoms with E-state index in [0.29, 0.717) is 22.2 Å². The van der Waals surface area contributed by atoms with E-state index in [0.717, 1.165) is 0 Å². The maximum absolute atomic E-state index is 6.96. The predicted octanol–water partition coefficient (Wildman–Crippen LogP) is 5.58. The Labute approximate surface area is 119 Å². The molecule has 0 aromatic carbocycles. The first-order valence-electron chi connectivity index (χ1n) is 6.65. The SMILES string of the molecule is CC(C)[Si](Cl)(N[Si](Cl)(C(C)C)C(C)C)C(C)C. The maximum Gasteiger partial charge on any atom is 0.226 e. The summed E-state index contributed by atoms with van der Waals surface area (Å²) in [5, 5.41) is 0. The molecule has 5 heteroatoms. The molecule has 0 saturated carbocycles. The molecule has 0 rings (SSSR count). The highest BCUT2D eigenvalue weighted by molar-refractivity contribution is 7.31. The van der Waals surface area contributed by atoms with E-state index in [1.165, 1.54) is 0 Å². The van der Waals surface area contributed by atoms with Gasteiger partial charge in [-0.2, -0.15) is 0 Å². The normalized spacial score (nSPS) is 14.5. The molecular formula is C12H29Cl2NSi2. The highest BCUT2D eigenvalue weighted by Gasteiger charge is 2.49. The van der Waals surface area contributed by atoms with E-state index in [1.807, 2.05) is 0 Å². The second-order valence-electron chi connectivity index (χ2n) is 6.28. The predicted molar refractivity (Wildman–Crippen MR) is 86.7 cm³/mol. The molecule has 0 aliphatic heterocycles. The van der Waals surface area contributed by atoms with Crippen LogP contribution in [-0.2, 0) is 0 Å². The number of hydrogen-bond donors (Lipinski definition) is 1. The van der Waals surface area contributed by atoms with Gasteiger partial charge in [-0.1, -0.05) is 55.4 Å². The van der Waals surface area contributed by atoms with Gasteiger partial charge in [-0.15, -0.1) is 22.2 Å². The van der Waals surface area contributed by atoms with Gasteiger partial charge in [-0.3, -0.25) is 0 Å². The van der Waals surface area contributed by atoms with Crippen LogP contribution < -0.4 is 4.65 Å². The molecule has 0 aromatic rings. The Bertz CT molecular complexity index is 203. The monoisotopic (exact) mass is 313 g/mol. The zero-order valence-electron chi connectivity index (χ0n) is 12.6. The van der Waals surface area contributed by atoms with Crippen LogP contribution in [-0.4, -0.2) is 15.1 Å². The Morgan fingerprint density at radius 1 is 0.588 bits per heavy atom. The second-order valence-corrected chi connectivity index (χ2v) is 18.7. The summed E-state index contributed by atoms with van der Waals surface area (Å²) in [6, 6.07) is 0. The molecule has 0 fully saturated rings. The van der Waals surface area contributed by atoms with E-state index in [2.05, 4.69) is 60.0 Å². The van der Waals surface area contributed by atoms with E-state index in [4.69, 9.17) is 22.2 Å². The standard InChI is InChI=1S/C12H29Cl2NSi2/c1-9(2)16(13,10(3)4)15-17(14,11(5)6)12(7)8/h9-12,15H,1-8H3. The second kappa shape index (κ2) is 6.42. The lowest BCUT2D eigenvalue weighted by Gasteiger charge is -2.44. The van der Waals surface area contributed by atoms with Gasteiger partial charge < -0.3 is 4.65 Å². The van der Waals surface area contributed by atoms with Crippen LogP contribution in [0.1, 0.15) is 55.4 Å². The topological polar surface area (TPSA) is 12.0 Å². The Hall–Kier alpha value is 0.974. The summed E-state index contributed by atoms with van der Waals surface area (Å²) >= 11 is 13.9. The Kier molecular flexibility index (Phi) is 6.79. The lowest BCUT2D eigenvalue weighted by atomic mass is 10.5. The van der Waals surface area contributed by atoms with Crippen molar-refractivity contribution in [3.8, 4) is 0 Å². The van der Waals surface area contributed by atoms with Gasteiger partial charge in [0.1, 0.15) is 0 Å². The number of halogens is 2. The number of rotatable bonds is 6. The molecule has 0 aromatic heterocycles. The average molecular weight is 314 g/mol. The summed E-state index contributed by atoms with van der Waals surface area (Å²) in [6.07, 6.45) is 0. The molecule has 0 saturated heterocycles. The van der Waals surface area contributed by atoms with E-state index in [9.17, 15) is 0 Å². The van der Waals surface area contributed by atoms with Gasteiger partial charge >= 0.3 is 0 Å². The molecular weight excluding hydrogens is 285 g/mol. The van der Waals surface area contributed by atoms with Crippen LogP contribution in [0.4, 0.5) is 0 Å². The van der Waals surface area contributed by atoms with Crippen molar-refractivity contribution in [3.05, 3.63) is 0 Å².